The van der Waals surface area contributed by atoms with Gasteiger partial charge in [0.1, 0.15) is 17.1 Å². The molecular weight excluding hydrogens is 448 g/mol. The Labute approximate surface area is 200 Å². The molecule has 1 aliphatic heterocycles. The van der Waals surface area contributed by atoms with E-state index in [0.29, 0.717) is 44.3 Å². The summed E-state index contributed by atoms with van der Waals surface area (Å²) in [5.41, 5.74) is 4.26. The molecule has 3 aromatic rings. The lowest BCUT2D eigenvalue weighted by atomic mass is 10.00. The first-order chi connectivity index (χ1) is 15.9. The second-order valence-corrected chi connectivity index (χ2v) is 10.7. The first-order valence-corrected chi connectivity index (χ1v) is 12.4. The number of ether oxygens (including phenoxy) is 1. The number of anilines is 1. The second-order valence-electron chi connectivity index (χ2n) is 9.09. The quantitative estimate of drug-likeness (QED) is 0.439. The number of aromatic hydroxyl groups is 1. The van der Waals surface area contributed by atoms with Crippen molar-refractivity contribution in [2.75, 3.05) is 4.72 Å². The summed E-state index contributed by atoms with van der Waals surface area (Å²) in [6.45, 7) is 9.44. The fourth-order valence-corrected chi connectivity index (χ4v) is 5.63. The molecule has 2 N–H and O–H groups in total. The number of fused-ring (bicyclic) bond motifs is 1. The fourth-order valence-electron chi connectivity index (χ4n) is 4.12. The average Bonchev–Trinajstić information content (AvgIpc) is 2.72. The number of sulfonamides is 1. The molecule has 0 unspecified atom stereocenters. The Morgan fingerprint density at radius 3 is 2.29 bits per heavy atom. The maximum absolute atomic E-state index is 13.0. The van der Waals surface area contributed by atoms with Gasteiger partial charge >= 0.3 is 0 Å². The highest BCUT2D eigenvalue weighted by Gasteiger charge is 2.24. The Hall–Kier alpha value is -3.58. The van der Waals surface area contributed by atoms with E-state index < -0.39 is 15.6 Å². The van der Waals surface area contributed by atoms with Gasteiger partial charge in [-0.1, -0.05) is 17.7 Å². The second kappa shape index (κ2) is 8.65. The zero-order valence-electron chi connectivity index (χ0n) is 19.9. The normalized spacial score (nSPS) is 14.6. The molecule has 0 aliphatic carbocycles. The fraction of sp³-hybridized carbons (Fsp3) is 0.222. The number of nitrogens with zero attached hydrogens (tertiary/aromatic N) is 1. The highest BCUT2D eigenvalue weighted by atomic mass is 32.2. The van der Waals surface area contributed by atoms with Crippen LogP contribution in [0.25, 0.3) is 6.08 Å². The van der Waals surface area contributed by atoms with Gasteiger partial charge in [0.2, 0.25) is 0 Å². The smallest absolute Gasteiger partial charge is 0.262 e. The highest BCUT2D eigenvalue weighted by Crippen LogP contribution is 2.38. The monoisotopic (exact) mass is 476 g/mol. The molecule has 0 radical (unpaired) electrons. The predicted octanol–water partition coefficient (Wildman–Crippen LogP) is 6.05. The van der Waals surface area contributed by atoms with Gasteiger partial charge in [0.05, 0.1) is 16.1 Å². The molecule has 7 heteroatoms. The summed E-state index contributed by atoms with van der Waals surface area (Å²) < 4.78 is 34.4. The van der Waals surface area contributed by atoms with E-state index in [-0.39, 0.29) is 5.75 Å². The molecule has 0 aromatic heterocycles. The molecule has 176 valence electrons. The summed E-state index contributed by atoms with van der Waals surface area (Å²) in [6.07, 6.45) is 5.32. The lowest BCUT2D eigenvalue weighted by molar-refractivity contribution is 0.158. The summed E-state index contributed by atoms with van der Waals surface area (Å²) in [5.74, 6) is 0.721. The Morgan fingerprint density at radius 1 is 1.00 bits per heavy atom. The minimum absolute atomic E-state index is 0.0983. The van der Waals surface area contributed by atoms with Gasteiger partial charge in [0, 0.05) is 17.5 Å². The molecule has 34 heavy (non-hydrogen) atoms. The highest BCUT2D eigenvalue weighted by molar-refractivity contribution is 7.92. The number of nitrogens with one attached hydrogen (secondary N) is 1. The number of rotatable bonds is 5. The van der Waals surface area contributed by atoms with Crippen molar-refractivity contribution >= 4 is 33.7 Å². The molecule has 0 saturated heterocycles. The van der Waals surface area contributed by atoms with E-state index in [2.05, 4.69) is 9.71 Å². The Balaban J connectivity index is 1.52. The molecule has 0 atom stereocenters. The van der Waals surface area contributed by atoms with Gasteiger partial charge in [-0.05, 0) is 94.3 Å². The molecule has 1 heterocycles. The van der Waals surface area contributed by atoms with Gasteiger partial charge < -0.3 is 9.84 Å². The van der Waals surface area contributed by atoms with Gasteiger partial charge in [-0.2, -0.15) is 0 Å². The van der Waals surface area contributed by atoms with Crippen molar-refractivity contribution in [3.63, 3.8) is 0 Å². The van der Waals surface area contributed by atoms with Crippen LogP contribution in [-0.4, -0.2) is 25.3 Å². The summed E-state index contributed by atoms with van der Waals surface area (Å²) in [4.78, 5) is 4.72. The molecule has 4 rings (SSSR count). The summed E-state index contributed by atoms with van der Waals surface area (Å²) in [5, 5.41) is 10.6. The number of phenolic OH excluding ortho intramolecular Hbond substituents is 1. The number of aliphatic imine (C=N–C) groups is 1. The van der Waals surface area contributed by atoms with Crippen molar-refractivity contribution < 1.29 is 18.3 Å². The third-order valence-electron chi connectivity index (χ3n) is 5.58. The Kier molecular flexibility index (Phi) is 6.00. The van der Waals surface area contributed by atoms with Crippen LogP contribution in [0, 0.1) is 20.8 Å². The minimum Gasteiger partial charge on any atom is -0.506 e. The standard InChI is InChI=1S/C27H28N2O4S/c1-17-14-18(2)26(19(3)15-17)34(31,32)29-22-9-7-21(8-10-22)28-16-20-6-11-24-23(25(20)30)12-13-27(4,5)33-24/h6-16,29-30H,1-5H3/b28-16+. The lowest BCUT2D eigenvalue weighted by Crippen LogP contribution is -2.27. The van der Waals surface area contributed by atoms with E-state index in [0.717, 1.165) is 5.56 Å². The number of hydrogen-bond acceptors (Lipinski definition) is 5. The van der Waals surface area contributed by atoms with Crippen LogP contribution in [0.5, 0.6) is 11.5 Å². The van der Waals surface area contributed by atoms with Crippen LogP contribution in [0.15, 0.2) is 64.5 Å². The van der Waals surface area contributed by atoms with Crippen LogP contribution in [0.1, 0.15) is 41.7 Å². The van der Waals surface area contributed by atoms with Crippen LogP contribution in [0.3, 0.4) is 0 Å². The zero-order chi connectivity index (χ0) is 24.7. The van der Waals surface area contributed by atoms with E-state index in [9.17, 15) is 13.5 Å². The molecular formula is C27H28N2O4S. The predicted molar refractivity (Wildman–Crippen MR) is 137 cm³/mol. The molecule has 0 spiro atoms. The molecule has 0 amide bonds. The molecule has 3 aromatic carbocycles. The van der Waals surface area contributed by atoms with Crippen LogP contribution < -0.4 is 9.46 Å². The van der Waals surface area contributed by atoms with Crippen molar-refractivity contribution in [2.24, 2.45) is 4.99 Å². The zero-order valence-corrected chi connectivity index (χ0v) is 20.7. The first-order valence-electron chi connectivity index (χ1n) is 10.9. The van der Waals surface area contributed by atoms with Crippen LogP contribution in [-0.2, 0) is 10.0 Å². The van der Waals surface area contributed by atoms with Gasteiger partial charge in [-0.15, -0.1) is 0 Å². The van der Waals surface area contributed by atoms with E-state index >= 15 is 0 Å². The van der Waals surface area contributed by atoms with Gasteiger partial charge in [0.25, 0.3) is 10.0 Å². The topological polar surface area (TPSA) is 88.0 Å². The number of phenols is 1. The molecule has 6 nitrogen and oxygen atoms in total. The van der Waals surface area contributed by atoms with Crippen molar-refractivity contribution in [1.29, 1.82) is 0 Å². The first kappa shape index (κ1) is 23.6. The SMILES string of the molecule is Cc1cc(C)c(S(=O)(=O)Nc2ccc(/N=C/c3ccc4c(c3O)C=CC(C)(C)O4)cc2)c(C)c1. The third-order valence-corrected chi connectivity index (χ3v) is 7.26. The minimum atomic E-state index is -3.72. The van der Waals surface area contributed by atoms with E-state index in [1.807, 2.05) is 51.1 Å². The molecule has 0 saturated carbocycles. The van der Waals surface area contributed by atoms with E-state index in [4.69, 9.17) is 4.74 Å². The van der Waals surface area contributed by atoms with Crippen molar-refractivity contribution in [2.45, 2.75) is 45.1 Å². The number of benzene rings is 3. The Morgan fingerprint density at radius 2 is 1.65 bits per heavy atom. The number of hydrogen-bond donors (Lipinski definition) is 2. The maximum atomic E-state index is 13.0. The van der Waals surface area contributed by atoms with E-state index in [1.165, 1.54) is 0 Å². The summed E-state index contributed by atoms with van der Waals surface area (Å²) in [6, 6.07) is 14.0. The van der Waals surface area contributed by atoms with Gasteiger partial charge in [0.15, 0.2) is 0 Å². The summed E-state index contributed by atoms with van der Waals surface area (Å²) >= 11 is 0. The van der Waals surface area contributed by atoms with Crippen LogP contribution >= 0.6 is 0 Å². The van der Waals surface area contributed by atoms with Crippen molar-refractivity contribution in [3.8, 4) is 11.5 Å². The lowest BCUT2D eigenvalue weighted by Gasteiger charge is -2.28. The molecule has 0 fully saturated rings. The average molecular weight is 477 g/mol. The molecule has 1 aliphatic rings. The molecule has 0 bridgehead atoms. The van der Waals surface area contributed by atoms with Gasteiger partial charge in [-0.3, -0.25) is 9.71 Å². The van der Waals surface area contributed by atoms with Crippen molar-refractivity contribution in [1.82, 2.24) is 0 Å². The van der Waals surface area contributed by atoms with E-state index in [1.54, 1.807) is 50.4 Å². The van der Waals surface area contributed by atoms with Crippen LogP contribution in [0.2, 0.25) is 0 Å². The maximum Gasteiger partial charge on any atom is 0.262 e. The van der Waals surface area contributed by atoms with Crippen molar-refractivity contribution in [3.05, 3.63) is 82.4 Å². The van der Waals surface area contributed by atoms with Gasteiger partial charge in [-0.25, -0.2) is 8.42 Å². The number of aryl methyl sites for hydroxylation is 3. The summed E-state index contributed by atoms with van der Waals surface area (Å²) in [7, 11) is -3.72. The third kappa shape index (κ3) is 4.84. The Bertz CT molecular complexity index is 1400. The van der Waals surface area contributed by atoms with Crippen LogP contribution in [0.4, 0.5) is 11.4 Å². The largest absolute Gasteiger partial charge is 0.506 e.